The third-order valence-electron chi connectivity index (χ3n) is 5.65. The van der Waals surface area contributed by atoms with Gasteiger partial charge in [0.05, 0.1) is 6.61 Å². The summed E-state index contributed by atoms with van der Waals surface area (Å²) in [6.45, 7) is 0.966. The molecular formula is C31H31NO2. The SMILES string of the molecule is NCCOC(CCc1ccccc1)=C(Cc1ccccc1Oc1ccccc1)c1ccccc1. The Kier molecular flexibility index (Phi) is 8.53. The lowest BCUT2D eigenvalue weighted by Crippen LogP contribution is -2.11. The van der Waals surface area contributed by atoms with Gasteiger partial charge in [-0.15, -0.1) is 0 Å². The summed E-state index contributed by atoms with van der Waals surface area (Å²) < 4.78 is 12.5. The summed E-state index contributed by atoms with van der Waals surface area (Å²) >= 11 is 0. The average Bonchev–Trinajstić information content (AvgIpc) is 2.90. The van der Waals surface area contributed by atoms with E-state index in [1.807, 2.05) is 54.6 Å². The van der Waals surface area contributed by atoms with Gasteiger partial charge in [0.1, 0.15) is 17.3 Å². The molecule has 0 saturated heterocycles. The summed E-state index contributed by atoms with van der Waals surface area (Å²) in [5.41, 5.74) is 10.5. The van der Waals surface area contributed by atoms with E-state index in [4.69, 9.17) is 15.2 Å². The van der Waals surface area contributed by atoms with Gasteiger partial charge < -0.3 is 15.2 Å². The first kappa shape index (κ1) is 23.3. The van der Waals surface area contributed by atoms with Gasteiger partial charge in [0.2, 0.25) is 0 Å². The molecule has 0 bridgehead atoms. The number of nitrogens with two attached hydrogens (primary N) is 1. The first-order valence-corrected chi connectivity index (χ1v) is 11.8. The van der Waals surface area contributed by atoms with Gasteiger partial charge in [-0.3, -0.25) is 0 Å². The molecule has 4 aromatic carbocycles. The van der Waals surface area contributed by atoms with Crippen LogP contribution in [0.3, 0.4) is 0 Å². The minimum atomic E-state index is 0.477. The summed E-state index contributed by atoms with van der Waals surface area (Å²) in [7, 11) is 0. The molecule has 0 spiro atoms. The molecule has 34 heavy (non-hydrogen) atoms. The van der Waals surface area contributed by atoms with Crippen molar-refractivity contribution in [3.8, 4) is 11.5 Å². The van der Waals surface area contributed by atoms with Crippen LogP contribution in [0.15, 0.2) is 121 Å². The molecule has 4 aromatic rings. The van der Waals surface area contributed by atoms with E-state index in [1.54, 1.807) is 0 Å². The maximum Gasteiger partial charge on any atom is 0.130 e. The van der Waals surface area contributed by atoms with Crippen molar-refractivity contribution >= 4 is 5.57 Å². The molecule has 4 rings (SSSR count). The van der Waals surface area contributed by atoms with Crippen LogP contribution in [-0.4, -0.2) is 13.2 Å². The van der Waals surface area contributed by atoms with E-state index in [0.717, 1.165) is 46.8 Å². The number of rotatable bonds is 11. The molecule has 0 heterocycles. The molecule has 0 amide bonds. The van der Waals surface area contributed by atoms with E-state index in [1.165, 1.54) is 5.56 Å². The van der Waals surface area contributed by atoms with Crippen LogP contribution in [0.5, 0.6) is 11.5 Å². The largest absolute Gasteiger partial charge is 0.496 e. The molecular weight excluding hydrogens is 418 g/mol. The van der Waals surface area contributed by atoms with Crippen LogP contribution in [0.2, 0.25) is 0 Å². The zero-order valence-electron chi connectivity index (χ0n) is 19.4. The highest BCUT2D eigenvalue weighted by molar-refractivity contribution is 5.70. The summed E-state index contributed by atoms with van der Waals surface area (Å²) in [6, 6.07) is 39.1. The van der Waals surface area contributed by atoms with Crippen LogP contribution >= 0.6 is 0 Å². The summed E-state index contributed by atoms with van der Waals surface area (Å²) in [4.78, 5) is 0. The van der Waals surface area contributed by atoms with E-state index in [2.05, 4.69) is 60.7 Å². The zero-order chi connectivity index (χ0) is 23.4. The Morgan fingerprint density at radius 2 is 1.29 bits per heavy atom. The fraction of sp³-hybridized carbons (Fsp3) is 0.161. The van der Waals surface area contributed by atoms with E-state index >= 15 is 0 Å². The Morgan fingerprint density at radius 1 is 0.676 bits per heavy atom. The Balaban J connectivity index is 1.69. The smallest absolute Gasteiger partial charge is 0.130 e. The lowest BCUT2D eigenvalue weighted by Gasteiger charge is -2.19. The highest BCUT2D eigenvalue weighted by atomic mass is 16.5. The number of para-hydroxylation sites is 2. The van der Waals surface area contributed by atoms with Gasteiger partial charge in [-0.1, -0.05) is 97.1 Å². The van der Waals surface area contributed by atoms with Crippen LogP contribution in [0.1, 0.15) is 23.1 Å². The van der Waals surface area contributed by atoms with Crippen molar-refractivity contribution in [2.24, 2.45) is 5.73 Å². The standard InChI is InChI=1S/C31H31NO2/c32-22-23-33-31(21-20-25-12-4-1-5-13-25)29(26-14-6-2-7-15-26)24-27-16-10-11-19-30(27)34-28-17-8-3-9-18-28/h1-19H,20-24,32H2. The quantitative estimate of drug-likeness (QED) is 0.250. The fourth-order valence-corrected chi connectivity index (χ4v) is 3.95. The predicted molar refractivity (Wildman–Crippen MR) is 140 cm³/mol. The lowest BCUT2D eigenvalue weighted by molar-refractivity contribution is 0.212. The third kappa shape index (κ3) is 6.60. The summed E-state index contributed by atoms with van der Waals surface area (Å²) in [5, 5.41) is 0. The van der Waals surface area contributed by atoms with Gasteiger partial charge >= 0.3 is 0 Å². The van der Waals surface area contributed by atoms with Gasteiger partial charge in [0.25, 0.3) is 0 Å². The second kappa shape index (κ2) is 12.4. The van der Waals surface area contributed by atoms with Crippen LogP contribution in [0.25, 0.3) is 5.57 Å². The van der Waals surface area contributed by atoms with Crippen molar-refractivity contribution < 1.29 is 9.47 Å². The Hall–Kier alpha value is -3.82. The van der Waals surface area contributed by atoms with E-state index in [9.17, 15) is 0 Å². The van der Waals surface area contributed by atoms with Crippen molar-refractivity contribution in [3.63, 3.8) is 0 Å². The second-order valence-corrected chi connectivity index (χ2v) is 8.09. The number of aryl methyl sites for hydroxylation is 1. The molecule has 0 aliphatic rings. The highest BCUT2D eigenvalue weighted by Gasteiger charge is 2.15. The molecule has 0 saturated carbocycles. The maximum absolute atomic E-state index is 6.27. The first-order valence-electron chi connectivity index (χ1n) is 11.8. The van der Waals surface area contributed by atoms with Crippen LogP contribution in [0, 0.1) is 0 Å². The average molecular weight is 450 g/mol. The van der Waals surface area contributed by atoms with Crippen LogP contribution < -0.4 is 10.5 Å². The summed E-state index contributed by atoms with van der Waals surface area (Å²) in [5.74, 6) is 2.65. The molecule has 172 valence electrons. The van der Waals surface area contributed by atoms with Crippen molar-refractivity contribution in [1.29, 1.82) is 0 Å². The Labute approximate surface area is 202 Å². The molecule has 0 fully saturated rings. The van der Waals surface area contributed by atoms with E-state index in [-0.39, 0.29) is 0 Å². The monoisotopic (exact) mass is 449 g/mol. The molecule has 0 aromatic heterocycles. The van der Waals surface area contributed by atoms with Gasteiger partial charge in [0.15, 0.2) is 0 Å². The van der Waals surface area contributed by atoms with Gasteiger partial charge in [-0.2, -0.15) is 0 Å². The molecule has 3 heteroatoms. The minimum absolute atomic E-state index is 0.477. The third-order valence-corrected chi connectivity index (χ3v) is 5.65. The van der Waals surface area contributed by atoms with E-state index in [0.29, 0.717) is 19.6 Å². The van der Waals surface area contributed by atoms with Crippen molar-refractivity contribution in [3.05, 3.63) is 138 Å². The molecule has 0 aliphatic heterocycles. The molecule has 0 unspecified atom stereocenters. The first-order chi connectivity index (χ1) is 16.8. The van der Waals surface area contributed by atoms with Crippen molar-refractivity contribution in [2.75, 3.05) is 13.2 Å². The highest BCUT2D eigenvalue weighted by Crippen LogP contribution is 2.32. The molecule has 3 nitrogen and oxygen atoms in total. The molecule has 2 N–H and O–H groups in total. The lowest BCUT2D eigenvalue weighted by atomic mass is 9.94. The van der Waals surface area contributed by atoms with Gasteiger partial charge in [0, 0.05) is 25.0 Å². The van der Waals surface area contributed by atoms with Crippen molar-refractivity contribution in [2.45, 2.75) is 19.3 Å². The van der Waals surface area contributed by atoms with Gasteiger partial charge in [-0.05, 0) is 41.3 Å². The van der Waals surface area contributed by atoms with E-state index < -0.39 is 0 Å². The topological polar surface area (TPSA) is 44.5 Å². The molecule has 0 atom stereocenters. The minimum Gasteiger partial charge on any atom is -0.496 e. The van der Waals surface area contributed by atoms with Crippen LogP contribution in [0.4, 0.5) is 0 Å². The fourth-order valence-electron chi connectivity index (χ4n) is 3.95. The predicted octanol–water partition coefficient (Wildman–Crippen LogP) is 7.04. The number of hydrogen-bond donors (Lipinski definition) is 1. The molecule has 0 aliphatic carbocycles. The Morgan fingerprint density at radius 3 is 2.00 bits per heavy atom. The van der Waals surface area contributed by atoms with Crippen LogP contribution in [-0.2, 0) is 17.6 Å². The molecule has 0 radical (unpaired) electrons. The van der Waals surface area contributed by atoms with Gasteiger partial charge in [-0.25, -0.2) is 0 Å². The van der Waals surface area contributed by atoms with Crippen molar-refractivity contribution in [1.82, 2.24) is 0 Å². The number of ether oxygens (including phenoxy) is 2. The second-order valence-electron chi connectivity index (χ2n) is 8.09. The number of benzene rings is 4. The number of hydrogen-bond acceptors (Lipinski definition) is 3. The number of allylic oxidation sites excluding steroid dienone is 2. The zero-order valence-corrected chi connectivity index (χ0v) is 19.4. The maximum atomic E-state index is 6.27. The summed E-state index contributed by atoms with van der Waals surface area (Å²) in [6.07, 6.45) is 2.40. The normalized spacial score (nSPS) is 11.6. The Bertz CT molecular complexity index is 1170.